The number of carbonyl (C=O) groups is 4. The van der Waals surface area contributed by atoms with E-state index in [9.17, 15) is 29.4 Å². The number of nitrogens with zero attached hydrogens (tertiary/aromatic N) is 1. The molecule has 0 radical (unpaired) electrons. The molecule has 11 heteroatoms. The molecule has 3 rings (SSSR count). The molecule has 2 aromatic carbocycles. The second kappa shape index (κ2) is 13.9. The Morgan fingerprint density at radius 2 is 1.76 bits per heavy atom. The molecular formula is C30H34N4O7. The Morgan fingerprint density at radius 3 is 2.41 bits per heavy atom. The molecule has 0 unspecified atom stereocenters. The maximum Gasteiger partial charge on any atom is 0.408 e. The first-order valence-corrected chi connectivity index (χ1v) is 13.1. The molecule has 0 aliphatic carbocycles. The predicted octanol–water partition coefficient (Wildman–Crippen LogP) is 4.58. The second-order valence-electron chi connectivity index (χ2n) is 10.3. The van der Waals surface area contributed by atoms with Crippen LogP contribution in [0.15, 0.2) is 67.0 Å². The predicted molar refractivity (Wildman–Crippen MR) is 153 cm³/mol. The zero-order valence-electron chi connectivity index (χ0n) is 23.1. The topological polar surface area (TPSA) is 167 Å². The van der Waals surface area contributed by atoms with Gasteiger partial charge >= 0.3 is 12.1 Å². The number of hydrogen-bond acceptors (Lipinski definition) is 7. The first-order chi connectivity index (χ1) is 19.4. The summed E-state index contributed by atoms with van der Waals surface area (Å²) in [7, 11) is 0. The number of ether oxygens (including phenoxy) is 1. The van der Waals surface area contributed by atoms with Gasteiger partial charge in [0.05, 0.1) is 16.8 Å². The molecule has 1 atom stereocenters. The number of aromatic carboxylic acids is 1. The van der Waals surface area contributed by atoms with Gasteiger partial charge in [0.25, 0.3) is 5.91 Å². The first-order valence-electron chi connectivity index (χ1n) is 13.1. The van der Waals surface area contributed by atoms with E-state index in [1.54, 1.807) is 63.4 Å². The molecular weight excluding hydrogens is 528 g/mol. The molecule has 0 spiro atoms. The summed E-state index contributed by atoms with van der Waals surface area (Å²) in [5, 5.41) is 27.9. The quantitative estimate of drug-likeness (QED) is 0.212. The zero-order valence-corrected chi connectivity index (χ0v) is 23.1. The van der Waals surface area contributed by atoms with Gasteiger partial charge in [-0.05, 0) is 81.5 Å². The lowest BCUT2D eigenvalue weighted by molar-refractivity contribution is -0.118. The number of hydrogen-bond donors (Lipinski definition) is 5. The highest BCUT2D eigenvalue weighted by molar-refractivity contribution is 6.07. The van der Waals surface area contributed by atoms with Crippen molar-refractivity contribution < 1.29 is 34.1 Å². The fourth-order valence-corrected chi connectivity index (χ4v) is 4.01. The number of carboxylic acid groups (broad SMARTS) is 1. The molecule has 0 bridgehead atoms. The normalized spacial score (nSPS) is 11.7. The van der Waals surface area contributed by atoms with Crippen LogP contribution in [0.4, 0.5) is 10.5 Å². The average molecular weight is 563 g/mol. The van der Waals surface area contributed by atoms with E-state index in [4.69, 9.17) is 4.74 Å². The third kappa shape index (κ3) is 9.34. The SMILES string of the molecule is CC(C)(C)OC(=O)N[C@@H](CCCCNC(=O)c1cccnc1)C(=O)Nc1cccc(-c2cccc(O)c2)c1C(=O)O. The number of carboxylic acids is 1. The van der Waals surface area contributed by atoms with Crippen LogP contribution in [-0.4, -0.2) is 57.3 Å². The summed E-state index contributed by atoms with van der Waals surface area (Å²) in [6.45, 7) is 5.42. The first kappa shape index (κ1) is 30.6. The van der Waals surface area contributed by atoms with E-state index in [1.165, 1.54) is 24.4 Å². The fraction of sp³-hybridized carbons (Fsp3) is 0.300. The summed E-state index contributed by atoms with van der Waals surface area (Å²) in [4.78, 5) is 54.3. The number of alkyl carbamates (subject to hydrolysis) is 1. The van der Waals surface area contributed by atoms with Crippen LogP contribution < -0.4 is 16.0 Å². The van der Waals surface area contributed by atoms with Gasteiger partial charge in [-0.1, -0.05) is 24.3 Å². The van der Waals surface area contributed by atoms with Crippen molar-refractivity contribution in [2.24, 2.45) is 0 Å². The minimum Gasteiger partial charge on any atom is -0.508 e. The molecule has 0 saturated carbocycles. The van der Waals surface area contributed by atoms with Crippen molar-refractivity contribution in [1.29, 1.82) is 0 Å². The van der Waals surface area contributed by atoms with E-state index < -0.39 is 29.6 Å². The van der Waals surface area contributed by atoms with Crippen LogP contribution in [0.2, 0.25) is 0 Å². The monoisotopic (exact) mass is 562 g/mol. The molecule has 0 saturated heterocycles. The van der Waals surface area contributed by atoms with Gasteiger partial charge in [0.15, 0.2) is 0 Å². The van der Waals surface area contributed by atoms with Crippen molar-refractivity contribution in [3.05, 3.63) is 78.1 Å². The summed E-state index contributed by atoms with van der Waals surface area (Å²) in [6, 6.07) is 13.0. The number of phenolic OH excluding ortho intramolecular Hbond substituents is 1. The van der Waals surface area contributed by atoms with Gasteiger partial charge in [0.2, 0.25) is 5.91 Å². The van der Waals surface area contributed by atoms with Crippen LogP contribution in [0.5, 0.6) is 5.75 Å². The third-order valence-corrected chi connectivity index (χ3v) is 5.83. The standard InChI is InChI=1S/C30H34N4O7/c1-30(2,3)41-29(40)34-24(13-4-5-16-32-26(36)20-10-8-15-31-18-20)27(37)33-23-14-7-12-22(25(23)28(38)39)19-9-6-11-21(35)17-19/h6-12,14-15,17-18,24,35H,4-5,13,16H2,1-3H3,(H,32,36)(H,33,37)(H,34,40)(H,38,39)/t24-/m0/s1. The average Bonchev–Trinajstić information content (AvgIpc) is 2.91. The number of benzene rings is 2. The molecule has 0 fully saturated rings. The number of nitrogens with one attached hydrogen (secondary N) is 3. The molecule has 0 aliphatic rings. The molecule has 1 aromatic heterocycles. The Hall–Kier alpha value is -4.93. The van der Waals surface area contributed by atoms with Crippen LogP contribution >= 0.6 is 0 Å². The minimum atomic E-state index is -1.28. The summed E-state index contributed by atoms with van der Waals surface area (Å²) in [5.41, 5.74) is 0.248. The molecule has 5 N–H and O–H groups in total. The Kier molecular flexibility index (Phi) is 10.4. The molecule has 3 aromatic rings. The van der Waals surface area contributed by atoms with Gasteiger partial charge in [0, 0.05) is 18.9 Å². The lowest BCUT2D eigenvalue weighted by Gasteiger charge is -2.24. The molecule has 1 heterocycles. The van der Waals surface area contributed by atoms with E-state index in [1.807, 2.05) is 0 Å². The molecule has 41 heavy (non-hydrogen) atoms. The number of unbranched alkanes of at least 4 members (excludes halogenated alkanes) is 1. The lowest BCUT2D eigenvalue weighted by Crippen LogP contribution is -2.46. The zero-order chi connectivity index (χ0) is 30.0. The van der Waals surface area contributed by atoms with Crippen LogP contribution in [0.1, 0.15) is 60.7 Å². The van der Waals surface area contributed by atoms with Gasteiger partial charge in [0.1, 0.15) is 17.4 Å². The summed E-state index contributed by atoms with van der Waals surface area (Å²) >= 11 is 0. The summed E-state index contributed by atoms with van der Waals surface area (Å²) < 4.78 is 5.32. The highest BCUT2D eigenvalue weighted by Gasteiger charge is 2.26. The van der Waals surface area contributed by atoms with E-state index in [2.05, 4.69) is 20.9 Å². The van der Waals surface area contributed by atoms with E-state index in [-0.39, 0.29) is 29.3 Å². The van der Waals surface area contributed by atoms with Crippen LogP contribution in [0.3, 0.4) is 0 Å². The second-order valence-corrected chi connectivity index (χ2v) is 10.3. The largest absolute Gasteiger partial charge is 0.508 e. The van der Waals surface area contributed by atoms with Crippen molar-refractivity contribution in [1.82, 2.24) is 15.6 Å². The highest BCUT2D eigenvalue weighted by atomic mass is 16.6. The van der Waals surface area contributed by atoms with Gasteiger partial charge in [-0.3, -0.25) is 14.6 Å². The van der Waals surface area contributed by atoms with E-state index >= 15 is 0 Å². The van der Waals surface area contributed by atoms with Gasteiger partial charge in [-0.2, -0.15) is 0 Å². The highest BCUT2D eigenvalue weighted by Crippen LogP contribution is 2.31. The molecule has 216 valence electrons. The number of carbonyl (C=O) groups excluding carboxylic acids is 3. The fourth-order valence-electron chi connectivity index (χ4n) is 4.01. The summed E-state index contributed by atoms with van der Waals surface area (Å²) in [5.74, 6) is -2.22. The summed E-state index contributed by atoms with van der Waals surface area (Å²) in [6.07, 6.45) is 3.40. The van der Waals surface area contributed by atoms with Crippen LogP contribution in [-0.2, 0) is 9.53 Å². The number of aromatic nitrogens is 1. The van der Waals surface area contributed by atoms with Crippen molar-refractivity contribution in [2.75, 3.05) is 11.9 Å². The molecule has 0 aliphatic heterocycles. The van der Waals surface area contributed by atoms with Crippen molar-refractivity contribution in [2.45, 2.75) is 51.7 Å². The van der Waals surface area contributed by atoms with Crippen LogP contribution in [0.25, 0.3) is 11.1 Å². The van der Waals surface area contributed by atoms with Gasteiger partial charge in [-0.15, -0.1) is 0 Å². The number of phenols is 1. The van der Waals surface area contributed by atoms with Crippen molar-refractivity contribution in [3.8, 4) is 16.9 Å². The number of pyridine rings is 1. The Balaban J connectivity index is 1.73. The maximum absolute atomic E-state index is 13.4. The van der Waals surface area contributed by atoms with Crippen molar-refractivity contribution >= 4 is 29.6 Å². The Labute approximate surface area is 238 Å². The van der Waals surface area contributed by atoms with Gasteiger partial charge in [-0.25, -0.2) is 9.59 Å². The molecule has 3 amide bonds. The number of aromatic hydroxyl groups is 1. The number of anilines is 1. The Morgan fingerprint density at radius 1 is 1.00 bits per heavy atom. The van der Waals surface area contributed by atoms with Gasteiger partial charge < -0.3 is 30.9 Å². The van der Waals surface area contributed by atoms with E-state index in [0.717, 1.165) is 0 Å². The van der Waals surface area contributed by atoms with Crippen LogP contribution in [0, 0.1) is 0 Å². The third-order valence-electron chi connectivity index (χ3n) is 5.83. The maximum atomic E-state index is 13.4. The van der Waals surface area contributed by atoms with Crippen molar-refractivity contribution in [3.63, 3.8) is 0 Å². The number of amides is 3. The number of rotatable bonds is 11. The lowest BCUT2D eigenvalue weighted by atomic mass is 9.97. The minimum absolute atomic E-state index is 0.0306. The molecule has 11 nitrogen and oxygen atoms in total. The Bertz CT molecular complexity index is 1390. The smallest absolute Gasteiger partial charge is 0.408 e. The van der Waals surface area contributed by atoms with E-state index in [0.29, 0.717) is 36.1 Å².